The Morgan fingerprint density at radius 2 is 0.312 bits per heavy atom. The molecule has 0 atom stereocenters. The van der Waals surface area contributed by atoms with Gasteiger partial charge in [-0.1, -0.05) is 443 Å². The maximum atomic E-state index is 2.43. The van der Waals surface area contributed by atoms with Gasteiger partial charge in [-0.2, -0.15) is 0 Å². The number of benzene rings is 23. The summed E-state index contributed by atoms with van der Waals surface area (Å²) in [6.45, 7) is 27.2. The molecule has 26 aromatic rings. The van der Waals surface area contributed by atoms with Crippen molar-refractivity contribution in [1.82, 2.24) is 13.7 Å². The normalized spacial score (nSPS) is 12.0. The van der Waals surface area contributed by atoms with E-state index < -0.39 is 0 Å². The second-order valence-corrected chi connectivity index (χ2v) is 42.4. The first-order valence-corrected chi connectivity index (χ1v) is 50.7. The zero-order valence-electron chi connectivity index (χ0n) is 83.8. The monoisotopic (exact) mass is 1850 g/mol. The van der Waals surface area contributed by atoms with Crippen LogP contribution in [0.25, 0.3) is 236 Å². The van der Waals surface area contributed by atoms with Gasteiger partial charge in [0.1, 0.15) is 0 Å². The van der Waals surface area contributed by atoms with Crippen molar-refractivity contribution >= 4 is 130 Å². The number of nitrogens with zero attached hydrogens (tertiary/aromatic N) is 3. The highest BCUT2D eigenvalue weighted by atomic mass is 15.0. The van der Waals surface area contributed by atoms with Crippen LogP contribution >= 0.6 is 0 Å². The average Bonchev–Trinajstić information content (AvgIpc) is 0.928. The highest BCUT2D eigenvalue weighted by molar-refractivity contribution is 6.25. The molecule has 0 aliphatic rings. The Hall–Kier alpha value is -17.0. The molecular weight excluding hydrogens is 1740 g/mol. The highest BCUT2D eigenvalue weighted by Gasteiger charge is 2.27. The topological polar surface area (TPSA) is 14.8 Å². The number of para-hydroxylation sites is 2. The largest absolute Gasteiger partial charge is 0.309 e. The Morgan fingerprint density at radius 1 is 0.132 bits per heavy atom. The zero-order chi connectivity index (χ0) is 98.0. The van der Waals surface area contributed by atoms with Crippen molar-refractivity contribution in [3.8, 4) is 106 Å². The molecule has 0 aliphatic heterocycles. The summed E-state index contributed by atoms with van der Waals surface area (Å²) >= 11 is 0. The van der Waals surface area contributed by atoms with E-state index in [0.717, 1.165) is 0 Å². The zero-order valence-corrected chi connectivity index (χ0v) is 83.8. The molecule has 144 heavy (non-hydrogen) atoms. The van der Waals surface area contributed by atoms with Crippen molar-refractivity contribution in [2.45, 2.75) is 99.3 Å². The minimum atomic E-state index is 0.0506. The van der Waals surface area contributed by atoms with E-state index in [1.807, 2.05) is 0 Å². The summed E-state index contributed by atoms with van der Waals surface area (Å²) in [4.78, 5) is 0. The van der Waals surface area contributed by atoms with Gasteiger partial charge in [-0.05, 0) is 310 Å². The van der Waals surface area contributed by atoms with Crippen molar-refractivity contribution in [2.24, 2.45) is 0 Å². The molecule has 23 aromatic carbocycles. The van der Waals surface area contributed by atoms with Crippen molar-refractivity contribution in [3.05, 3.63) is 500 Å². The van der Waals surface area contributed by atoms with E-state index in [1.54, 1.807) is 0 Å². The molecule has 3 aromatic heterocycles. The van der Waals surface area contributed by atoms with Gasteiger partial charge in [0.25, 0.3) is 0 Å². The first-order valence-electron chi connectivity index (χ1n) is 50.7. The molecule has 0 saturated carbocycles. The van der Waals surface area contributed by atoms with E-state index in [-0.39, 0.29) is 16.2 Å². The fraction of sp³-hybridized carbons (Fsp3) is 0.106. The van der Waals surface area contributed by atoms with Gasteiger partial charge < -0.3 is 13.7 Å². The fourth-order valence-corrected chi connectivity index (χ4v) is 22.8. The van der Waals surface area contributed by atoms with Gasteiger partial charge in [0, 0.05) is 49.4 Å². The standard InChI is InChI=1S/C49H39N.C48H37N.C44H37N/c1-32-18-28-42-44(30-32)48(35-21-19-34(20-22-35)33-12-6-5-7-13-33)41-16-9-8-15-40(41)47(42)36-23-26-38(27-24-36)50-45-17-11-10-14-39(45)43-31-37(49(2,3)4)25-29-46(43)50;1-48(2,3)36-27-30-45-43(31-36)38-15-11-12-20-44(38)49(45)37-28-25-35(26-29-37)47-41-18-9-7-16-39(41)46(40-17-8-10-19-42(40)47)34-23-21-33(22-24-34)32-13-5-4-6-14-32;1-28-15-23-40-37(25-28)38-26-29(2)16-24-41(38)45(40)33-20-17-31(18-21-33)42-34-13-9-10-14-35(34)43(30-11-7-6-8-12-30)39-27-32(44(3,4)5)19-22-36(39)42/h5-31H,1-4H3;4-31H,1-3H3;6-27H,1-5H3. The highest BCUT2D eigenvalue weighted by Crippen LogP contribution is 2.51. The summed E-state index contributed by atoms with van der Waals surface area (Å²) in [6.07, 6.45) is 0. The Balaban J connectivity index is 0.000000116. The van der Waals surface area contributed by atoms with Crippen LogP contribution in [0.15, 0.2) is 467 Å². The van der Waals surface area contributed by atoms with Crippen LogP contribution in [0.2, 0.25) is 0 Å². The maximum absolute atomic E-state index is 2.43. The van der Waals surface area contributed by atoms with E-state index in [9.17, 15) is 0 Å². The lowest BCUT2D eigenvalue weighted by Crippen LogP contribution is -2.10. The Labute approximate surface area is 843 Å². The van der Waals surface area contributed by atoms with Gasteiger partial charge in [0.05, 0.1) is 33.1 Å². The molecule has 26 rings (SSSR count). The van der Waals surface area contributed by atoms with Crippen LogP contribution in [-0.2, 0) is 16.2 Å². The minimum Gasteiger partial charge on any atom is -0.309 e. The Kier molecular flexibility index (Phi) is 22.4. The third kappa shape index (κ3) is 16.0. The smallest absolute Gasteiger partial charge is 0.0541 e. The molecule has 3 heteroatoms. The summed E-state index contributed by atoms with van der Waals surface area (Å²) in [5, 5.41) is 23.1. The molecule has 3 heterocycles. The summed E-state index contributed by atoms with van der Waals surface area (Å²) in [5.74, 6) is 0. The lowest BCUT2D eigenvalue weighted by molar-refractivity contribution is 0.591. The van der Waals surface area contributed by atoms with Crippen LogP contribution in [0.5, 0.6) is 0 Å². The van der Waals surface area contributed by atoms with Crippen molar-refractivity contribution < 1.29 is 0 Å². The van der Waals surface area contributed by atoms with Crippen LogP contribution in [0.3, 0.4) is 0 Å². The number of hydrogen-bond acceptors (Lipinski definition) is 0. The number of aromatic nitrogens is 3. The molecular formula is C141H113N3. The first kappa shape index (κ1) is 89.6. The van der Waals surface area contributed by atoms with Gasteiger partial charge >= 0.3 is 0 Å². The maximum Gasteiger partial charge on any atom is 0.0541 e. The van der Waals surface area contributed by atoms with Gasteiger partial charge in [-0.25, -0.2) is 0 Å². The summed E-state index contributed by atoms with van der Waals surface area (Å²) in [7, 11) is 0. The van der Waals surface area contributed by atoms with E-state index in [4.69, 9.17) is 0 Å². The van der Waals surface area contributed by atoms with E-state index in [2.05, 4.69) is 564 Å². The quantitative estimate of drug-likeness (QED) is 0.115. The van der Waals surface area contributed by atoms with E-state index >= 15 is 0 Å². The molecule has 0 spiro atoms. The lowest BCUT2D eigenvalue weighted by Gasteiger charge is -2.23. The van der Waals surface area contributed by atoms with Crippen LogP contribution in [0.4, 0.5) is 0 Å². The van der Waals surface area contributed by atoms with E-state index in [1.165, 1.54) is 270 Å². The van der Waals surface area contributed by atoms with Gasteiger partial charge in [0.15, 0.2) is 0 Å². The Bertz CT molecular complexity index is 9390. The van der Waals surface area contributed by atoms with Gasteiger partial charge in [0.2, 0.25) is 0 Å². The molecule has 692 valence electrons. The predicted octanol–water partition coefficient (Wildman–Crippen LogP) is 39.4. The molecule has 0 aliphatic carbocycles. The van der Waals surface area contributed by atoms with Crippen LogP contribution in [0, 0.1) is 20.8 Å². The Morgan fingerprint density at radius 3 is 0.618 bits per heavy atom. The summed E-state index contributed by atoms with van der Waals surface area (Å²) < 4.78 is 7.25. The van der Waals surface area contributed by atoms with Crippen molar-refractivity contribution in [2.75, 3.05) is 0 Å². The van der Waals surface area contributed by atoms with Crippen molar-refractivity contribution in [3.63, 3.8) is 0 Å². The third-order valence-corrected chi connectivity index (χ3v) is 30.0. The molecule has 0 amide bonds. The molecule has 0 bridgehead atoms. The number of rotatable bonds is 11. The average molecular weight is 1850 g/mol. The van der Waals surface area contributed by atoms with E-state index in [0.29, 0.717) is 0 Å². The first-order chi connectivity index (χ1) is 70.1. The summed E-state index contributed by atoms with van der Waals surface area (Å²) in [6, 6.07) is 173. The second-order valence-electron chi connectivity index (χ2n) is 42.4. The molecule has 0 fully saturated rings. The molecule has 0 N–H and O–H groups in total. The fourth-order valence-electron chi connectivity index (χ4n) is 22.8. The lowest BCUT2D eigenvalue weighted by atomic mass is 9.81. The second kappa shape index (κ2) is 36.0. The number of aryl methyl sites for hydroxylation is 3. The molecule has 3 nitrogen and oxygen atoms in total. The van der Waals surface area contributed by atoms with Crippen LogP contribution < -0.4 is 0 Å². The molecule has 0 saturated heterocycles. The van der Waals surface area contributed by atoms with Crippen LogP contribution in [0.1, 0.15) is 95.7 Å². The third-order valence-electron chi connectivity index (χ3n) is 30.0. The van der Waals surface area contributed by atoms with Crippen molar-refractivity contribution in [1.29, 1.82) is 0 Å². The SMILES string of the molecule is CC(C)(C)c1ccc2c(c1)c1ccccc1n2-c1ccc(-c2c3ccccc3c(-c3ccc(-c4ccccc4)cc3)c3ccccc23)cc1.Cc1ccc2c(-c3ccc(-n4c5ccccc5c5cc(C(C)(C)C)ccc54)cc3)c3ccccc3c(-c3ccc(-c4ccccc4)cc3)c2c1.Cc1ccc2c(c1)c1cc(C)ccc1n2-c1ccc(-c2c3ccccc3c(-c3ccccc3)c3cc(C(C)(C)C)ccc23)cc1. The predicted molar refractivity (Wildman–Crippen MR) is 621 cm³/mol. The number of fused-ring (bicyclic) bond motifs is 15. The summed E-state index contributed by atoms with van der Waals surface area (Å²) in [5.41, 5.74) is 39.1. The molecule has 0 radical (unpaired) electrons. The molecule has 0 unspecified atom stereocenters. The van der Waals surface area contributed by atoms with Gasteiger partial charge in [-0.3, -0.25) is 0 Å². The number of hydrogen-bond donors (Lipinski definition) is 0. The van der Waals surface area contributed by atoms with Crippen LogP contribution in [-0.4, -0.2) is 13.7 Å². The van der Waals surface area contributed by atoms with Gasteiger partial charge in [-0.15, -0.1) is 0 Å². The minimum absolute atomic E-state index is 0.0506.